The number of hydrogen-bond donors (Lipinski definition) is 0. The number of carbonyl (C=O) groups is 1. The topological polar surface area (TPSA) is 88.9 Å². The Balaban J connectivity index is 1.42. The SMILES string of the molecule is COc1cccc(-c2nnc(SCC(=O)c3cc(C)n(-c4c(C)n(C)n(-c5ccccc5)c4=O)c3C)n2C)c1. The lowest BCUT2D eigenvalue weighted by atomic mass is 10.2. The van der Waals surface area contributed by atoms with Gasteiger partial charge in [-0.05, 0) is 51.1 Å². The second-order valence-electron chi connectivity index (χ2n) is 9.34. The average molecular weight is 543 g/mol. The molecule has 9 nitrogen and oxygen atoms in total. The number of aryl methyl sites for hydroxylation is 1. The Morgan fingerprint density at radius 3 is 2.41 bits per heavy atom. The molecule has 0 atom stereocenters. The van der Waals surface area contributed by atoms with E-state index in [9.17, 15) is 9.59 Å². The molecular formula is C29H30N6O3S. The van der Waals surface area contributed by atoms with Crippen molar-refractivity contribution in [3.63, 3.8) is 0 Å². The number of carbonyl (C=O) groups excluding carboxylic acids is 1. The lowest BCUT2D eigenvalue weighted by Crippen LogP contribution is -2.22. The molecule has 0 amide bonds. The first kappa shape index (κ1) is 26.3. The van der Waals surface area contributed by atoms with Gasteiger partial charge in [-0.2, -0.15) is 0 Å². The summed E-state index contributed by atoms with van der Waals surface area (Å²) in [6, 6.07) is 19.0. The number of nitrogens with zero attached hydrogens (tertiary/aromatic N) is 6. The van der Waals surface area contributed by atoms with Crippen molar-refractivity contribution >= 4 is 17.5 Å². The standard InChI is InChI=1S/C29H30N6O3S/c1-18-15-24(19(2)34(18)26-20(3)33(5)35(28(26)37)22-12-8-7-9-13-22)25(36)17-39-29-31-30-27(32(29)4)21-11-10-14-23(16-21)38-6/h7-16H,17H2,1-6H3. The van der Waals surface area contributed by atoms with Gasteiger partial charge in [0.1, 0.15) is 11.4 Å². The van der Waals surface area contributed by atoms with Gasteiger partial charge in [-0.1, -0.05) is 42.1 Å². The fraction of sp³-hybridized carbons (Fsp3) is 0.241. The van der Waals surface area contributed by atoms with Crippen LogP contribution in [-0.4, -0.2) is 47.3 Å². The number of para-hydroxylation sites is 1. The van der Waals surface area contributed by atoms with Crippen LogP contribution in [0.3, 0.4) is 0 Å². The normalized spacial score (nSPS) is 11.2. The summed E-state index contributed by atoms with van der Waals surface area (Å²) in [5, 5.41) is 9.26. The number of benzene rings is 2. The number of rotatable bonds is 8. The molecular weight excluding hydrogens is 512 g/mol. The highest BCUT2D eigenvalue weighted by Crippen LogP contribution is 2.27. The molecule has 0 aliphatic carbocycles. The zero-order valence-electron chi connectivity index (χ0n) is 22.8. The van der Waals surface area contributed by atoms with Gasteiger partial charge in [-0.15, -0.1) is 10.2 Å². The fourth-order valence-electron chi connectivity index (χ4n) is 4.86. The van der Waals surface area contributed by atoms with E-state index < -0.39 is 0 Å². The maximum atomic E-state index is 13.6. The predicted molar refractivity (Wildman–Crippen MR) is 153 cm³/mol. The van der Waals surface area contributed by atoms with Crippen molar-refractivity contribution in [1.82, 2.24) is 28.7 Å². The highest BCUT2D eigenvalue weighted by Gasteiger charge is 2.24. The lowest BCUT2D eigenvalue weighted by Gasteiger charge is -2.09. The summed E-state index contributed by atoms with van der Waals surface area (Å²) >= 11 is 1.33. The zero-order chi connectivity index (χ0) is 27.8. The van der Waals surface area contributed by atoms with Crippen LogP contribution in [-0.2, 0) is 14.1 Å². The minimum Gasteiger partial charge on any atom is -0.497 e. The number of thioether (sulfide) groups is 1. The fourth-order valence-corrected chi connectivity index (χ4v) is 5.66. The van der Waals surface area contributed by atoms with E-state index in [-0.39, 0.29) is 17.1 Å². The molecule has 0 aliphatic rings. The molecule has 3 aromatic heterocycles. The number of methoxy groups -OCH3 is 1. The minimum atomic E-state index is -0.138. The van der Waals surface area contributed by atoms with Crippen molar-refractivity contribution in [2.45, 2.75) is 25.9 Å². The van der Waals surface area contributed by atoms with E-state index in [4.69, 9.17) is 4.74 Å². The summed E-state index contributed by atoms with van der Waals surface area (Å²) < 4.78 is 12.6. The van der Waals surface area contributed by atoms with Gasteiger partial charge in [0.2, 0.25) is 0 Å². The molecule has 0 N–H and O–H groups in total. The molecule has 0 radical (unpaired) electrons. The smallest absolute Gasteiger partial charge is 0.295 e. The molecule has 39 heavy (non-hydrogen) atoms. The Morgan fingerprint density at radius 2 is 1.69 bits per heavy atom. The van der Waals surface area contributed by atoms with E-state index in [2.05, 4.69) is 10.2 Å². The molecule has 0 fully saturated rings. The summed E-state index contributed by atoms with van der Waals surface area (Å²) in [6.45, 7) is 5.71. The van der Waals surface area contributed by atoms with Gasteiger partial charge in [0, 0.05) is 36.6 Å². The molecule has 2 aromatic carbocycles. The summed E-state index contributed by atoms with van der Waals surface area (Å²) in [5.74, 6) is 1.58. The first-order valence-corrected chi connectivity index (χ1v) is 13.4. The van der Waals surface area contributed by atoms with Crippen LogP contribution in [0.5, 0.6) is 5.75 Å². The minimum absolute atomic E-state index is 0.0396. The van der Waals surface area contributed by atoms with E-state index in [1.165, 1.54) is 11.8 Å². The summed E-state index contributed by atoms with van der Waals surface area (Å²) in [6.07, 6.45) is 0. The number of ether oxygens (including phenoxy) is 1. The Bertz CT molecular complexity index is 1740. The maximum absolute atomic E-state index is 13.6. The van der Waals surface area contributed by atoms with Gasteiger partial charge in [-0.3, -0.25) is 14.3 Å². The lowest BCUT2D eigenvalue weighted by molar-refractivity contribution is 0.102. The van der Waals surface area contributed by atoms with E-state index in [1.807, 2.05) is 109 Å². The third-order valence-corrected chi connectivity index (χ3v) is 7.99. The summed E-state index contributed by atoms with van der Waals surface area (Å²) in [7, 11) is 5.37. The summed E-state index contributed by atoms with van der Waals surface area (Å²) in [5.41, 5.74) is 5.02. The molecule has 0 unspecified atom stereocenters. The summed E-state index contributed by atoms with van der Waals surface area (Å²) in [4.78, 5) is 27.0. The van der Waals surface area contributed by atoms with Gasteiger partial charge in [0.25, 0.3) is 5.56 Å². The van der Waals surface area contributed by atoms with Gasteiger partial charge < -0.3 is 13.9 Å². The monoisotopic (exact) mass is 542 g/mol. The average Bonchev–Trinajstić information content (AvgIpc) is 3.53. The highest BCUT2D eigenvalue weighted by molar-refractivity contribution is 7.99. The number of Topliss-reactive ketones (excluding diaryl/α,β-unsaturated/α-hetero) is 1. The van der Waals surface area contributed by atoms with Crippen LogP contribution < -0.4 is 10.3 Å². The third-order valence-electron chi connectivity index (χ3n) is 6.97. The molecule has 10 heteroatoms. The van der Waals surface area contributed by atoms with Crippen LogP contribution in [0, 0.1) is 20.8 Å². The van der Waals surface area contributed by atoms with E-state index in [1.54, 1.807) is 11.8 Å². The number of ketones is 1. The van der Waals surface area contributed by atoms with E-state index >= 15 is 0 Å². The van der Waals surface area contributed by atoms with Gasteiger partial charge >= 0.3 is 0 Å². The first-order chi connectivity index (χ1) is 18.7. The quantitative estimate of drug-likeness (QED) is 0.209. The molecule has 0 saturated heterocycles. The van der Waals surface area contributed by atoms with Crippen LogP contribution in [0.2, 0.25) is 0 Å². The third kappa shape index (κ3) is 4.61. The van der Waals surface area contributed by atoms with Crippen LogP contribution in [0.4, 0.5) is 0 Å². The predicted octanol–water partition coefficient (Wildman–Crippen LogP) is 4.67. The van der Waals surface area contributed by atoms with Gasteiger partial charge in [0.05, 0.1) is 24.2 Å². The van der Waals surface area contributed by atoms with Crippen LogP contribution >= 0.6 is 11.8 Å². The largest absolute Gasteiger partial charge is 0.497 e. The molecule has 5 aromatic rings. The van der Waals surface area contributed by atoms with E-state index in [0.29, 0.717) is 22.2 Å². The molecule has 5 rings (SSSR count). The Kier molecular flexibility index (Phi) is 7.05. The maximum Gasteiger partial charge on any atom is 0.295 e. The Morgan fingerprint density at radius 1 is 0.949 bits per heavy atom. The Hall–Kier alpha value is -4.31. The molecule has 0 spiro atoms. The highest BCUT2D eigenvalue weighted by atomic mass is 32.2. The molecule has 0 bridgehead atoms. The Labute approximate surface area is 230 Å². The van der Waals surface area contributed by atoms with E-state index in [0.717, 1.165) is 34.1 Å². The van der Waals surface area contributed by atoms with Gasteiger partial charge in [-0.25, -0.2) is 4.68 Å². The van der Waals surface area contributed by atoms with Crippen molar-refractivity contribution in [2.24, 2.45) is 14.1 Å². The van der Waals surface area contributed by atoms with Gasteiger partial charge in [0.15, 0.2) is 16.8 Å². The number of hydrogen-bond acceptors (Lipinski definition) is 6. The zero-order valence-corrected chi connectivity index (χ0v) is 23.6. The van der Waals surface area contributed by atoms with Crippen LogP contribution in [0.1, 0.15) is 27.4 Å². The van der Waals surface area contributed by atoms with Crippen molar-refractivity contribution in [1.29, 1.82) is 0 Å². The second kappa shape index (κ2) is 10.5. The second-order valence-corrected chi connectivity index (χ2v) is 10.3. The van der Waals surface area contributed by atoms with Crippen molar-refractivity contribution in [2.75, 3.05) is 12.9 Å². The first-order valence-electron chi connectivity index (χ1n) is 12.5. The van der Waals surface area contributed by atoms with Crippen molar-refractivity contribution < 1.29 is 9.53 Å². The molecule has 200 valence electrons. The van der Waals surface area contributed by atoms with Crippen molar-refractivity contribution in [3.8, 4) is 28.5 Å². The van der Waals surface area contributed by atoms with Crippen LogP contribution in [0.15, 0.2) is 70.6 Å². The molecule has 0 saturated carbocycles. The van der Waals surface area contributed by atoms with Crippen LogP contribution in [0.25, 0.3) is 22.8 Å². The molecule has 3 heterocycles. The van der Waals surface area contributed by atoms with Crippen molar-refractivity contribution in [3.05, 3.63) is 93.7 Å². The number of aromatic nitrogens is 6. The molecule has 0 aliphatic heterocycles.